The summed E-state index contributed by atoms with van der Waals surface area (Å²) >= 11 is 0. The summed E-state index contributed by atoms with van der Waals surface area (Å²) in [5.41, 5.74) is 1.93. The molecule has 0 aliphatic carbocycles. The molecule has 0 aliphatic heterocycles. The van der Waals surface area contributed by atoms with Gasteiger partial charge in [0, 0.05) is 25.1 Å². The summed E-state index contributed by atoms with van der Waals surface area (Å²) in [6.45, 7) is 5.32. The molecule has 5 heteroatoms. The number of amides is 1. The molecule has 0 unspecified atom stereocenters. The first-order valence-corrected chi connectivity index (χ1v) is 5.84. The Labute approximate surface area is 102 Å². The topological polar surface area (TPSA) is 58.4 Å². The predicted molar refractivity (Wildman–Crippen MR) is 65.9 cm³/mol. The number of hydrogen-bond acceptors (Lipinski definition) is 4. The van der Waals surface area contributed by atoms with Crippen molar-refractivity contribution in [2.24, 2.45) is 0 Å². The number of nitrogens with zero attached hydrogens (tertiary/aromatic N) is 2. The molecule has 0 spiro atoms. The van der Waals surface area contributed by atoms with Gasteiger partial charge in [0.05, 0.1) is 5.69 Å². The van der Waals surface area contributed by atoms with E-state index in [4.69, 9.17) is 4.52 Å². The third kappa shape index (κ3) is 4.56. The molecule has 1 aromatic heterocycles. The molecule has 1 N–H and O–H groups in total. The van der Waals surface area contributed by atoms with E-state index in [2.05, 4.69) is 10.5 Å². The van der Waals surface area contributed by atoms with Crippen LogP contribution in [0.15, 0.2) is 4.52 Å². The molecule has 96 valence electrons. The standard InChI is InChI=1S/C12H21N3O2/c1-9-11(10(2)17-14-9)5-6-12(16)13-7-8-15(3)4/h5-8H2,1-4H3,(H,13,16). The maximum Gasteiger partial charge on any atom is 0.220 e. The third-order valence-corrected chi connectivity index (χ3v) is 2.66. The number of aromatic nitrogens is 1. The first-order valence-electron chi connectivity index (χ1n) is 5.84. The highest BCUT2D eigenvalue weighted by atomic mass is 16.5. The Balaban J connectivity index is 2.29. The Kier molecular flexibility index (Phi) is 5.15. The van der Waals surface area contributed by atoms with Gasteiger partial charge in [0.2, 0.25) is 5.91 Å². The zero-order chi connectivity index (χ0) is 12.8. The minimum Gasteiger partial charge on any atom is -0.361 e. The summed E-state index contributed by atoms with van der Waals surface area (Å²) < 4.78 is 5.05. The molecule has 0 aromatic carbocycles. The van der Waals surface area contributed by atoms with Crippen molar-refractivity contribution in [2.75, 3.05) is 27.2 Å². The van der Waals surface area contributed by atoms with Gasteiger partial charge in [-0.2, -0.15) is 0 Å². The molecule has 1 rings (SSSR count). The number of nitrogens with one attached hydrogen (secondary N) is 1. The second-order valence-corrected chi connectivity index (χ2v) is 4.46. The second-order valence-electron chi connectivity index (χ2n) is 4.46. The molecule has 0 saturated heterocycles. The van der Waals surface area contributed by atoms with Crippen molar-refractivity contribution in [3.05, 3.63) is 17.0 Å². The maximum absolute atomic E-state index is 11.6. The average molecular weight is 239 g/mol. The molecule has 1 aromatic rings. The van der Waals surface area contributed by atoms with Crippen LogP contribution in [-0.2, 0) is 11.2 Å². The van der Waals surface area contributed by atoms with Gasteiger partial charge in [0.15, 0.2) is 0 Å². The van der Waals surface area contributed by atoms with E-state index in [-0.39, 0.29) is 5.91 Å². The van der Waals surface area contributed by atoms with Gasteiger partial charge in [0.1, 0.15) is 5.76 Å². The molecule has 1 amide bonds. The van der Waals surface area contributed by atoms with Gasteiger partial charge >= 0.3 is 0 Å². The molecule has 0 atom stereocenters. The quantitative estimate of drug-likeness (QED) is 0.801. The number of aryl methyl sites for hydroxylation is 2. The Bertz CT molecular complexity index is 352. The highest BCUT2D eigenvalue weighted by molar-refractivity contribution is 5.76. The Morgan fingerprint density at radius 2 is 2.12 bits per heavy atom. The van der Waals surface area contributed by atoms with E-state index in [1.54, 1.807) is 0 Å². The van der Waals surface area contributed by atoms with Gasteiger partial charge in [-0.05, 0) is 34.4 Å². The van der Waals surface area contributed by atoms with E-state index in [0.29, 0.717) is 19.4 Å². The number of hydrogen-bond donors (Lipinski definition) is 1. The van der Waals surface area contributed by atoms with E-state index in [1.165, 1.54) is 0 Å². The van der Waals surface area contributed by atoms with Crippen LogP contribution in [0.4, 0.5) is 0 Å². The maximum atomic E-state index is 11.6. The Morgan fingerprint density at radius 3 is 2.65 bits per heavy atom. The van der Waals surface area contributed by atoms with Crippen LogP contribution in [0.3, 0.4) is 0 Å². The normalized spacial score (nSPS) is 10.9. The van der Waals surface area contributed by atoms with E-state index < -0.39 is 0 Å². The smallest absolute Gasteiger partial charge is 0.220 e. The van der Waals surface area contributed by atoms with Crippen molar-refractivity contribution in [1.82, 2.24) is 15.4 Å². The third-order valence-electron chi connectivity index (χ3n) is 2.66. The Morgan fingerprint density at radius 1 is 1.41 bits per heavy atom. The lowest BCUT2D eigenvalue weighted by atomic mass is 10.1. The molecule has 5 nitrogen and oxygen atoms in total. The van der Waals surface area contributed by atoms with Gasteiger partial charge in [-0.1, -0.05) is 5.16 Å². The first-order chi connectivity index (χ1) is 8.00. The second kappa shape index (κ2) is 6.39. The van der Waals surface area contributed by atoms with Crippen LogP contribution < -0.4 is 5.32 Å². The van der Waals surface area contributed by atoms with Crippen LogP contribution in [0, 0.1) is 13.8 Å². The SMILES string of the molecule is Cc1noc(C)c1CCC(=O)NCCN(C)C. The molecular formula is C12H21N3O2. The molecule has 0 fully saturated rings. The average Bonchev–Trinajstić information content (AvgIpc) is 2.55. The Hall–Kier alpha value is -1.36. The minimum absolute atomic E-state index is 0.0758. The highest BCUT2D eigenvalue weighted by Gasteiger charge is 2.10. The predicted octanol–water partition coefficient (Wildman–Crippen LogP) is 0.902. The van der Waals surface area contributed by atoms with Crippen molar-refractivity contribution in [3.63, 3.8) is 0 Å². The van der Waals surface area contributed by atoms with Gasteiger partial charge < -0.3 is 14.7 Å². The molecular weight excluding hydrogens is 218 g/mol. The summed E-state index contributed by atoms with van der Waals surface area (Å²) in [4.78, 5) is 13.6. The fourth-order valence-corrected chi connectivity index (χ4v) is 1.60. The molecule has 0 saturated carbocycles. The number of carbonyl (C=O) groups is 1. The fourth-order valence-electron chi connectivity index (χ4n) is 1.60. The lowest BCUT2D eigenvalue weighted by molar-refractivity contribution is -0.121. The summed E-state index contributed by atoms with van der Waals surface area (Å²) in [6, 6.07) is 0. The minimum atomic E-state index is 0.0758. The van der Waals surface area contributed by atoms with Crippen molar-refractivity contribution < 1.29 is 9.32 Å². The lowest BCUT2D eigenvalue weighted by Gasteiger charge is -2.10. The summed E-state index contributed by atoms with van der Waals surface area (Å²) in [6.07, 6.45) is 1.17. The van der Waals surface area contributed by atoms with E-state index in [9.17, 15) is 4.79 Å². The van der Waals surface area contributed by atoms with Crippen LogP contribution in [0.5, 0.6) is 0 Å². The zero-order valence-corrected chi connectivity index (χ0v) is 11.0. The monoisotopic (exact) mass is 239 g/mol. The fraction of sp³-hybridized carbons (Fsp3) is 0.667. The van der Waals surface area contributed by atoms with Gasteiger partial charge in [-0.15, -0.1) is 0 Å². The number of likely N-dealkylation sites (N-methyl/N-ethyl adjacent to an activating group) is 1. The molecule has 0 bridgehead atoms. The van der Waals surface area contributed by atoms with Crippen LogP contribution in [0.25, 0.3) is 0 Å². The van der Waals surface area contributed by atoms with Gasteiger partial charge in [-0.25, -0.2) is 0 Å². The number of carbonyl (C=O) groups excluding carboxylic acids is 1. The van der Waals surface area contributed by atoms with Crippen molar-refractivity contribution in [1.29, 1.82) is 0 Å². The molecule has 1 heterocycles. The molecule has 0 aliphatic rings. The van der Waals surface area contributed by atoms with Crippen molar-refractivity contribution >= 4 is 5.91 Å². The van der Waals surface area contributed by atoms with Gasteiger partial charge in [0.25, 0.3) is 0 Å². The first kappa shape index (κ1) is 13.7. The van der Waals surface area contributed by atoms with Crippen LogP contribution in [0.1, 0.15) is 23.4 Å². The van der Waals surface area contributed by atoms with Gasteiger partial charge in [-0.3, -0.25) is 4.79 Å². The van der Waals surface area contributed by atoms with Crippen LogP contribution >= 0.6 is 0 Å². The number of rotatable bonds is 6. The molecule has 0 radical (unpaired) electrons. The van der Waals surface area contributed by atoms with E-state index in [0.717, 1.165) is 23.6 Å². The summed E-state index contributed by atoms with van der Waals surface area (Å²) in [5, 5.41) is 6.75. The zero-order valence-electron chi connectivity index (χ0n) is 11.0. The van der Waals surface area contributed by atoms with Crippen LogP contribution in [0.2, 0.25) is 0 Å². The summed E-state index contributed by atoms with van der Waals surface area (Å²) in [5.74, 6) is 0.885. The summed E-state index contributed by atoms with van der Waals surface area (Å²) in [7, 11) is 3.96. The van der Waals surface area contributed by atoms with Crippen molar-refractivity contribution in [3.8, 4) is 0 Å². The van der Waals surface area contributed by atoms with Crippen LogP contribution in [-0.4, -0.2) is 43.1 Å². The van der Waals surface area contributed by atoms with E-state index >= 15 is 0 Å². The van der Waals surface area contributed by atoms with Crippen molar-refractivity contribution in [2.45, 2.75) is 26.7 Å². The molecule has 17 heavy (non-hydrogen) atoms. The highest BCUT2D eigenvalue weighted by Crippen LogP contribution is 2.13. The largest absolute Gasteiger partial charge is 0.361 e. The van der Waals surface area contributed by atoms with E-state index in [1.807, 2.05) is 32.8 Å². The lowest BCUT2D eigenvalue weighted by Crippen LogP contribution is -2.31.